The molecule has 27 heavy (non-hydrogen) atoms. The number of hydrogen-bond donors (Lipinski definition) is 0. The molecular weight excluding hydrogens is 358 g/mol. The van der Waals surface area contributed by atoms with Crippen LogP contribution in [-0.4, -0.2) is 42.9 Å². The lowest BCUT2D eigenvalue weighted by Crippen LogP contribution is -2.46. The highest BCUT2D eigenvalue weighted by Crippen LogP contribution is 2.25. The summed E-state index contributed by atoms with van der Waals surface area (Å²) < 4.78 is 10.8. The summed E-state index contributed by atoms with van der Waals surface area (Å²) in [5.74, 6) is 2.58. The van der Waals surface area contributed by atoms with E-state index in [0.717, 1.165) is 37.3 Å². The van der Waals surface area contributed by atoms with Crippen molar-refractivity contribution < 1.29 is 14.3 Å². The van der Waals surface area contributed by atoms with Crippen LogP contribution < -0.4 is 9.47 Å². The van der Waals surface area contributed by atoms with Crippen LogP contribution in [0.3, 0.4) is 0 Å². The van der Waals surface area contributed by atoms with Gasteiger partial charge in [0.15, 0.2) is 6.61 Å². The lowest BCUT2D eigenvalue weighted by molar-refractivity contribution is -0.137. The minimum absolute atomic E-state index is 0.0835. The quantitative estimate of drug-likeness (QED) is 0.621. The van der Waals surface area contributed by atoms with Crippen molar-refractivity contribution in [3.05, 3.63) is 54.6 Å². The van der Waals surface area contributed by atoms with E-state index in [1.54, 1.807) is 7.11 Å². The van der Waals surface area contributed by atoms with Crippen molar-refractivity contribution in [2.45, 2.75) is 36.6 Å². The van der Waals surface area contributed by atoms with E-state index in [1.165, 1.54) is 11.3 Å². The minimum Gasteiger partial charge on any atom is -0.497 e. The number of piperidine rings is 1. The molecule has 0 bridgehead atoms. The van der Waals surface area contributed by atoms with Gasteiger partial charge in [-0.05, 0) is 67.8 Å². The SMILES string of the molecule is COc1ccc(OCC(=O)N2CCCC[C@H]2CCSc2ccccc2)cc1. The van der Waals surface area contributed by atoms with Gasteiger partial charge in [0.2, 0.25) is 0 Å². The van der Waals surface area contributed by atoms with E-state index in [4.69, 9.17) is 9.47 Å². The van der Waals surface area contributed by atoms with Crippen LogP contribution in [0.1, 0.15) is 25.7 Å². The van der Waals surface area contributed by atoms with Gasteiger partial charge in [0.1, 0.15) is 11.5 Å². The Bertz CT molecular complexity index is 705. The molecule has 1 heterocycles. The van der Waals surface area contributed by atoms with Crippen LogP contribution in [0.5, 0.6) is 11.5 Å². The Morgan fingerprint density at radius 2 is 1.81 bits per heavy atom. The third-order valence-corrected chi connectivity index (χ3v) is 5.88. The second-order valence-electron chi connectivity index (χ2n) is 6.65. The van der Waals surface area contributed by atoms with Crippen LogP contribution >= 0.6 is 11.8 Å². The molecule has 0 aromatic heterocycles. The maximum absolute atomic E-state index is 12.7. The van der Waals surface area contributed by atoms with Gasteiger partial charge < -0.3 is 14.4 Å². The average molecular weight is 386 g/mol. The highest BCUT2D eigenvalue weighted by molar-refractivity contribution is 7.99. The lowest BCUT2D eigenvalue weighted by atomic mass is 10.00. The van der Waals surface area contributed by atoms with E-state index in [2.05, 4.69) is 24.3 Å². The Morgan fingerprint density at radius 3 is 2.56 bits per heavy atom. The van der Waals surface area contributed by atoms with Crippen molar-refractivity contribution in [3.63, 3.8) is 0 Å². The van der Waals surface area contributed by atoms with Gasteiger partial charge in [-0.3, -0.25) is 4.79 Å². The Kier molecular flexibility index (Phi) is 7.45. The summed E-state index contributed by atoms with van der Waals surface area (Å²) in [6.07, 6.45) is 4.39. The third kappa shape index (κ3) is 5.93. The number of ether oxygens (including phenoxy) is 2. The lowest BCUT2D eigenvalue weighted by Gasteiger charge is -2.35. The normalized spacial score (nSPS) is 16.8. The predicted octanol–water partition coefficient (Wildman–Crippen LogP) is 4.64. The summed E-state index contributed by atoms with van der Waals surface area (Å²) in [4.78, 5) is 16.0. The summed E-state index contributed by atoms with van der Waals surface area (Å²) in [6.45, 7) is 0.931. The van der Waals surface area contributed by atoms with E-state index < -0.39 is 0 Å². The molecule has 1 aliphatic rings. The highest BCUT2D eigenvalue weighted by atomic mass is 32.2. The van der Waals surface area contributed by atoms with Crippen LogP contribution in [0.15, 0.2) is 59.5 Å². The highest BCUT2D eigenvalue weighted by Gasteiger charge is 2.26. The standard InChI is InChI=1S/C22H27NO3S/c1-25-19-10-12-20(13-11-19)26-17-22(24)23-15-6-5-7-18(23)14-16-27-21-8-3-2-4-9-21/h2-4,8-13,18H,5-7,14-17H2,1H3/t18-/m0/s1. The van der Waals surface area contributed by atoms with Crippen molar-refractivity contribution >= 4 is 17.7 Å². The molecule has 0 spiro atoms. The molecule has 0 saturated carbocycles. The van der Waals surface area contributed by atoms with Crippen LogP contribution in [0.4, 0.5) is 0 Å². The maximum atomic E-state index is 12.7. The van der Waals surface area contributed by atoms with Crippen LogP contribution in [0.25, 0.3) is 0 Å². The van der Waals surface area contributed by atoms with Crippen molar-refractivity contribution in [3.8, 4) is 11.5 Å². The molecule has 1 fully saturated rings. The topological polar surface area (TPSA) is 38.8 Å². The van der Waals surface area contributed by atoms with Gasteiger partial charge in [0.25, 0.3) is 5.91 Å². The zero-order chi connectivity index (χ0) is 18.9. The number of amides is 1. The molecule has 0 aliphatic carbocycles. The maximum Gasteiger partial charge on any atom is 0.260 e. The summed E-state index contributed by atoms with van der Waals surface area (Å²) in [6, 6.07) is 18.1. The number of likely N-dealkylation sites (tertiary alicyclic amines) is 1. The third-order valence-electron chi connectivity index (χ3n) is 4.83. The molecule has 3 rings (SSSR count). The molecule has 0 N–H and O–H groups in total. The fourth-order valence-corrected chi connectivity index (χ4v) is 4.33. The second kappa shape index (κ2) is 10.3. The van der Waals surface area contributed by atoms with Gasteiger partial charge in [-0.15, -0.1) is 11.8 Å². The zero-order valence-electron chi connectivity index (χ0n) is 15.8. The first-order chi connectivity index (χ1) is 13.3. The van der Waals surface area contributed by atoms with Gasteiger partial charge in [-0.2, -0.15) is 0 Å². The summed E-state index contributed by atoms with van der Waals surface area (Å²) in [5.41, 5.74) is 0. The Labute approximate surface area is 165 Å². The molecule has 5 heteroatoms. The fraction of sp³-hybridized carbons (Fsp3) is 0.409. The van der Waals surface area contributed by atoms with E-state index in [1.807, 2.05) is 47.0 Å². The molecule has 1 aliphatic heterocycles. The Balaban J connectivity index is 1.48. The van der Waals surface area contributed by atoms with Gasteiger partial charge in [0, 0.05) is 17.5 Å². The van der Waals surface area contributed by atoms with Crippen molar-refractivity contribution in [1.29, 1.82) is 0 Å². The number of thioether (sulfide) groups is 1. The second-order valence-corrected chi connectivity index (χ2v) is 7.82. The summed E-state index contributed by atoms with van der Waals surface area (Å²) in [5, 5.41) is 0. The minimum atomic E-state index is 0.0835. The van der Waals surface area contributed by atoms with Crippen molar-refractivity contribution in [2.24, 2.45) is 0 Å². The van der Waals surface area contributed by atoms with Gasteiger partial charge in [-0.1, -0.05) is 18.2 Å². The first kappa shape index (κ1) is 19.6. The molecule has 1 amide bonds. The predicted molar refractivity (Wildman–Crippen MR) is 110 cm³/mol. The van der Waals surface area contributed by atoms with Crippen LogP contribution in [0, 0.1) is 0 Å². The Hall–Kier alpha value is -2.14. The van der Waals surface area contributed by atoms with Crippen LogP contribution in [0.2, 0.25) is 0 Å². The first-order valence-corrected chi connectivity index (χ1v) is 10.5. The molecular formula is C22H27NO3S. The van der Waals surface area contributed by atoms with Crippen molar-refractivity contribution in [1.82, 2.24) is 4.90 Å². The zero-order valence-corrected chi connectivity index (χ0v) is 16.6. The summed E-state index contributed by atoms with van der Waals surface area (Å²) >= 11 is 1.86. The fourth-order valence-electron chi connectivity index (χ4n) is 3.36. The van der Waals surface area contributed by atoms with E-state index >= 15 is 0 Å². The average Bonchev–Trinajstić information content (AvgIpc) is 2.73. The Morgan fingerprint density at radius 1 is 1.07 bits per heavy atom. The number of rotatable bonds is 8. The number of hydrogen-bond acceptors (Lipinski definition) is 4. The monoisotopic (exact) mass is 385 g/mol. The molecule has 4 nitrogen and oxygen atoms in total. The molecule has 0 unspecified atom stereocenters. The molecule has 1 atom stereocenters. The van der Waals surface area contributed by atoms with E-state index in [0.29, 0.717) is 11.8 Å². The van der Waals surface area contributed by atoms with Gasteiger partial charge in [-0.25, -0.2) is 0 Å². The number of methoxy groups -OCH3 is 1. The van der Waals surface area contributed by atoms with Gasteiger partial charge >= 0.3 is 0 Å². The van der Waals surface area contributed by atoms with E-state index in [-0.39, 0.29) is 12.5 Å². The molecule has 1 saturated heterocycles. The molecule has 2 aromatic rings. The largest absolute Gasteiger partial charge is 0.497 e. The number of carbonyl (C=O) groups excluding carboxylic acids is 1. The molecule has 0 radical (unpaired) electrons. The smallest absolute Gasteiger partial charge is 0.260 e. The van der Waals surface area contributed by atoms with Crippen molar-refractivity contribution in [2.75, 3.05) is 26.0 Å². The molecule has 2 aromatic carbocycles. The number of carbonyl (C=O) groups is 1. The number of benzene rings is 2. The van der Waals surface area contributed by atoms with Crippen LogP contribution in [-0.2, 0) is 4.79 Å². The first-order valence-electron chi connectivity index (χ1n) is 9.50. The molecule has 144 valence electrons. The van der Waals surface area contributed by atoms with Gasteiger partial charge in [0.05, 0.1) is 7.11 Å². The number of nitrogens with zero attached hydrogens (tertiary/aromatic N) is 1. The van der Waals surface area contributed by atoms with E-state index in [9.17, 15) is 4.79 Å². The summed E-state index contributed by atoms with van der Waals surface area (Å²) in [7, 11) is 1.63.